The van der Waals surface area contributed by atoms with Gasteiger partial charge in [-0.3, -0.25) is 4.90 Å². The summed E-state index contributed by atoms with van der Waals surface area (Å²) >= 11 is 1.77. The lowest BCUT2D eigenvalue weighted by molar-refractivity contribution is 0.209. The van der Waals surface area contributed by atoms with E-state index in [2.05, 4.69) is 24.6 Å². The van der Waals surface area contributed by atoms with Crippen LogP contribution >= 0.6 is 11.3 Å². The van der Waals surface area contributed by atoms with E-state index in [1.54, 1.807) is 11.3 Å². The van der Waals surface area contributed by atoms with Crippen LogP contribution in [0.5, 0.6) is 0 Å². The normalized spacial score (nSPS) is 16.1. The minimum Gasteiger partial charge on any atom is -0.313 e. The Balaban J connectivity index is 1.72. The molecule has 2 aromatic rings. The van der Waals surface area contributed by atoms with E-state index in [4.69, 9.17) is 0 Å². The van der Waals surface area contributed by atoms with Gasteiger partial charge in [0.2, 0.25) is 0 Å². The Hall–Kier alpha value is -1.27. The molecule has 0 aliphatic carbocycles. The number of aromatic nitrogens is 4. The minimum absolute atomic E-state index is 0.887. The lowest BCUT2D eigenvalue weighted by Crippen LogP contribution is -2.33. The Bertz CT molecular complexity index is 530. The van der Waals surface area contributed by atoms with E-state index in [-0.39, 0.29) is 0 Å². The summed E-state index contributed by atoms with van der Waals surface area (Å²) in [5.74, 6) is 2.10. The van der Waals surface area contributed by atoms with E-state index >= 15 is 0 Å². The van der Waals surface area contributed by atoms with E-state index in [0.29, 0.717) is 0 Å². The fourth-order valence-electron chi connectivity index (χ4n) is 2.19. The largest absolute Gasteiger partial charge is 0.313 e. The SMILES string of the molecule is Cc1ncc(CN2CCn3c(C)nnc3C2)s1. The molecule has 0 unspecified atom stereocenters. The van der Waals surface area contributed by atoms with Gasteiger partial charge in [0.1, 0.15) is 11.6 Å². The fourth-order valence-corrected chi connectivity index (χ4v) is 3.02. The predicted molar refractivity (Wildman–Crippen MR) is 65.7 cm³/mol. The number of aryl methyl sites for hydroxylation is 2. The van der Waals surface area contributed by atoms with Crippen molar-refractivity contribution in [2.45, 2.75) is 33.5 Å². The molecule has 3 rings (SSSR count). The van der Waals surface area contributed by atoms with Gasteiger partial charge in [0, 0.05) is 30.7 Å². The van der Waals surface area contributed by atoms with E-state index in [0.717, 1.165) is 42.8 Å². The maximum absolute atomic E-state index is 4.29. The molecule has 0 radical (unpaired) electrons. The quantitative estimate of drug-likeness (QED) is 0.806. The predicted octanol–water partition coefficient (Wildman–Crippen LogP) is 1.37. The van der Waals surface area contributed by atoms with Gasteiger partial charge in [-0.2, -0.15) is 0 Å². The lowest BCUT2D eigenvalue weighted by Gasteiger charge is -2.26. The Morgan fingerprint density at radius 3 is 2.94 bits per heavy atom. The topological polar surface area (TPSA) is 46.8 Å². The van der Waals surface area contributed by atoms with Gasteiger partial charge < -0.3 is 4.57 Å². The second-order valence-electron chi connectivity index (χ2n) is 4.37. The lowest BCUT2D eigenvalue weighted by atomic mass is 10.3. The standard InChI is InChI=1S/C11H15N5S/c1-8-13-14-11-7-15(3-4-16(8)11)6-10-5-12-9(2)17-10/h5H,3-4,6-7H2,1-2H3. The molecule has 0 fully saturated rings. The van der Waals surface area contributed by atoms with Crippen molar-refractivity contribution < 1.29 is 0 Å². The van der Waals surface area contributed by atoms with E-state index in [1.165, 1.54) is 4.88 Å². The first-order chi connectivity index (χ1) is 8.22. The third kappa shape index (κ3) is 2.10. The molecule has 17 heavy (non-hydrogen) atoms. The molecule has 0 aromatic carbocycles. The first kappa shape index (κ1) is 10.9. The number of rotatable bonds is 2. The van der Waals surface area contributed by atoms with Crippen LogP contribution in [-0.4, -0.2) is 31.2 Å². The second kappa shape index (κ2) is 4.19. The van der Waals surface area contributed by atoms with Gasteiger partial charge >= 0.3 is 0 Å². The molecule has 0 N–H and O–H groups in total. The molecule has 3 heterocycles. The van der Waals surface area contributed by atoms with Crippen LogP contribution < -0.4 is 0 Å². The highest BCUT2D eigenvalue weighted by Gasteiger charge is 2.19. The van der Waals surface area contributed by atoms with Crippen LogP contribution in [0.15, 0.2) is 6.20 Å². The van der Waals surface area contributed by atoms with Crippen LogP contribution in [0.25, 0.3) is 0 Å². The summed E-state index contributed by atoms with van der Waals surface area (Å²) in [5, 5.41) is 9.47. The van der Waals surface area contributed by atoms with Crippen LogP contribution in [-0.2, 0) is 19.6 Å². The maximum atomic E-state index is 4.29. The first-order valence-corrected chi connectivity index (χ1v) is 6.56. The van der Waals surface area contributed by atoms with Gasteiger partial charge in [-0.25, -0.2) is 4.98 Å². The van der Waals surface area contributed by atoms with E-state index < -0.39 is 0 Å². The zero-order valence-corrected chi connectivity index (χ0v) is 10.9. The summed E-state index contributed by atoms with van der Waals surface area (Å²) in [6, 6.07) is 0. The molecule has 90 valence electrons. The Morgan fingerprint density at radius 1 is 1.29 bits per heavy atom. The molecule has 0 saturated carbocycles. The van der Waals surface area contributed by atoms with Crippen molar-refractivity contribution in [3.63, 3.8) is 0 Å². The molecule has 0 amide bonds. The van der Waals surface area contributed by atoms with Gasteiger partial charge in [0.25, 0.3) is 0 Å². The molecule has 0 spiro atoms. The molecular weight excluding hydrogens is 234 g/mol. The highest BCUT2D eigenvalue weighted by Crippen LogP contribution is 2.18. The van der Waals surface area contributed by atoms with E-state index in [9.17, 15) is 0 Å². The van der Waals surface area contributed by atoms with Crippen LogP contribution in [0.2, 0.25) is 0 Å². The van der Waals surface area contributed by atoms with Crippen LogP contribution in [0.4, 0.5) is 0 Å². The Kier molecular flexibility index (Phi) is 2.68. The number of hydrogen-bond donors (Lipinski definition) is 0. The minimum atomic E-state index is 0.887. The molecule has 5 nitrogen and oxygen atoms in total. The third-order valence-electron chi connectivity index (χ3n) is 3.07. The molecule has 0 saturated heterocycles. The zero-order valence-electron chi connectivity index (χ0n) is 10.1. The van der Waals surface area contributed by atoms with Crippen LogP contribution in [0, 0.1) is 13.8 Å². The average Bonchev–Trinajstić information content (AvgIpc) is 2.87. The van der Waals surface area contributed by atoms with Gasteiger partial charge in [0.05, 0.1) is 11.6 Å². The van der Waals surface area contributed by atoms with Crippen LogP contribution in [0.1, 0.15) is 21.5 Å². The summed E-state index contributed by atoms with van der Waals surface area (Å²) in [6.07, 6.45) is 1.98. The summed E-state index contributed by atoms with van der Waals surface area (Å²) in [4.78, 5) is 8.01. The maximum Gasteiger partial charge on any atom is 0.147 e. The van der Waals surface area contributed by atoms with Gasteiger partial charge in [-0.1, -0.05) is 0 Å². The number of fused-ring (bicyclic) bond motifs is 1. The first-order valence-electron chi connectivity index (χ1n) is 5.75. The summed E-state index contributed by atoms with van der Waals surface area (Å²) in [6.45, 7) is 7.97. The molecule has 0 atom stereocenters. The van der Waals surface area contributed by atoms with Crippen molar-refractivity contribution in [2.24, 2.45) is 0 Å². The molecular formula is C11H15N5S. The number of thiazole rings is 1. The van der Waals surface area contributed by atoms with Crippen LogP contribution in [0.3, 0.4) is 0 Å². The highest BCUT2D eigenvalue weighted by atomic mass is 32.1. The molecule has 1 aliphatic rings. The average molecular weight is 249 g/mol. The second-order valence-corrected chi connectivity index (χ2v) is 5.69. The molecule has 2 aromatic heterocycles. The van der Waals surface area contributed by atoms with Gasteiger partial charge in [-0.05, 0) is 13.8 Å². The molecule has 0 bridgehead atoms. The zero-order chi connectivity index (χ0) is 11.8. The van der Waals surface area contributed by atoms with Crippen molar-refractivity contribution in [3.05, 3.63) is 27.7 Å². The summed E-state index contributed by atoms with van der Waals surface area (Å²) < 4.78 is 2.20. The number of nitrogens with zero attached hydrogens (tertiary/aromatic N) is 5. The van der Waals surface area contributed by atoms with Crippen molar-refractivity contribution in [3.8, 4) is 0 Å². The Labute approximate surface area is 104 Å². The number of hydrogen-bond acceptors (Lipinski definition) is 5. The Morgan fingerprint density at radius 2 is 2.18 bits per heavy atom. The monoisotopic (exact) mass is 249 g/mol. The smallest absolute Gasteiger partial charge is 0.147 e. The molecule has 6 heteroatoms. The molecule has 1 aliphatic heterocycles. The third-order valence-corrected chi connectivity index (χ3v) is 3.96. The van der Waals surface area contributed by atoms with E-state index in [1.807, 2.05) is 20.0 Å². The summed E-state index contributed by atoms with van der Waals surface area (Å²) in [7, 11) is 0. The van der Waals surface area contributed by atoms with Crippen molar-refractivity contribution in [2.75, 3.05) is 6.54 Å². The van der Waals surface area contributed by atoms with Crippen molar-refractivity contribution >= 4 is 11.3 Å². The fraction of sp³-hybridized carbons (Fsp3) is 0.545. The van der Waals surface area contributed by atoms with Crippen molar-refractivity contribution in [1.82, 2.24) is 24.6 Å². The van der Waals surface area contributed by atoms with Gasteiger partial charge in [-0.15, -0.1) is 21.5 Å². The van der Waals surface area contributed by atoms with Crippen molar-refractivity contribution in [1.29, 1.82) is 0 Å². The van der Waals surface area contributed by atoms with Gasteiger partial charge in [0.15, 0.2) is 0 Å². The summed E-state index contributed by atoms with van der Waals surface area (Å²) in [5.41, 5.74) is 0. The highest BCUT2D eigenvalue weighted by molar-refractivity contribution is 7.11.